The molecule has 0 heterocycles. The number of hydrogen-bond donors (Lipinski definition) is 3. The highest BCUT2D eigenvalue weighted by Gasteiger charge is 1.98. The van der Waals surface area contributed by atoms with Gasteiger partial charge < -0.3 is 16.0 Å². The number of guanidine groups is 1. The van der Waals surface area contributed by atoms with Gasteiger partial charge in [-0.2, -0.15) is 0 Å². The van der Waals surface area contributed by atoms with Crippen molar-refractivity contribution in [1.29, 1.82) is 0 Å². The standard InChI is InChI=1S/C17H30N4.HI/c1-15(2)9-7-12-20-17(18-3)21-14-8-13-19-16-10-5-4-6-11-16;/h4-6,10-11,15,19H,7-9,12-14H2,1-3H3,(H2,18,20,21);1H. The van der Waals surface area contributed by atoms with Gasteiger partial charge in [0.2, 0.25) is 0 Å². The maximum Gasteiger partial charge on any atom is 0.190 e. The van der Waals surface area contributed by atoms with Crippen LogP contribution < -0.4 is 16.0 Å². The van der Waals surface area contributed by atoms with Crippen molar-refractivity contribution >= 4 is 35.6 Å². The molecule has 0 bridgehead atoms. The second-order valence-corrected chi connectivity index (χ2v) is 5.61. The number of nitrogens with zero attached hydrogens (tertiary/aromatic N) is 1. The molecule has 0 aromatic heterocycles. The molecule has 4 nitrogen and oxygen atoms in total. The van der Waals surface area contributed by atoms with Gasteiger partial charge in [-0.05, 0) is 37.3 Å². The number of para-hydroxylation sites is 1. The van der Waals surface area contributed by atoms with Crippen LogP contribution in [0.25, 0.3) is 0 Å². The maximum atomic E-state index is 4.23. The van der Waals surface area contributed by atoms with E-state index in [2.05, 4.69) is 46.9 Å². The molecule has 0 aliphatic rings. The summed E-state index contributed by atoms with van der Waals surface area (Å²) < 4.78 is 0. The third-order valence-electron chi connectivity index (χ3n) is 3.22. The van der Waals surface area contributed by atoms with Crippen LogP contribution in [0.1, 0.15) is 33.1 Å². The van der Waals surface area contributed by atoms with Gasteiger partial charge in [0, 0.05) is 32.4 Å². The minimum absolute atomic E-state index is 0. The van der Waals surface area contributed by atoms with Crippen LogP contribution in [0.3, 0.4) is 0 Å². The van der Waals surface area contributed by atoms with Gasteiger partial charge in [-0.1, -0.05) is 32.0 Å². The molecule has 0 saturated heterocycles. The molecule has 3 N–H and O–H groups in total. The highest BCUT2D eigenvalue weighted by Crippen LogP contribution is 2.04. The van der Waals surface area contributed by atoms with E-state index in [1.807, 2.05) is 25.2 Å². The second kappa shape index (κ2) is 13.7. The Hall–Kier alpha value is -0.980. The first-order chi connectivity index (χ1) is 10.2. The van der Waals surface area contributed by atoms with Crippen molar-refractivity contribution < 1.29 is 0 Å². The normalized spacial score (nSPS) is 11.0. The van der Waals surface area contributed by atoms with Crippen molar-refractivity contribution in [3.8, 4) is 0 Å². The van der Waals surface area contributed by atoms with Gasteiger partial charge in [-0.3, -0.25) is 4.99 Å². The highest BCUT2D eigenvalue weighted by molar-refractivity contribution is 14.0. The Balaban J connectivity index is 0.00000441. The number of hydrogen-bond acceptors (Lipinski definition) is 2. The molecule has 126 valence electrons. The van der Waals surface area contributed by atoms with E-state index in [9.17, 15) is 0 Å². The predicted molar refractivity (Wildman–Crippen MR) is 108 cm³/mol. The monoisotopic (exact) mass is 418 g/mol. The molecule has 0 aliphatic heterocycles. The topological polar surface area (TPSA) is 48.5 Å². The van der Waals surface area contributed by atoms with E-state index in [1.54, 1.807) is 0 Å². The summed E-state index contributed by atoms with van der Waals surface area (Å²) >= 11 is 0. The minimum Gasteiger partial charge on any atom is -0.385 e. The summed E-state index contributed by atoms with van der Waals surface area (Å²) in [6.07, 6.45) is 3.50. The fourth-order valence-corrected chi connectivity index (χ4v) is 2.02. The Morgan fingerprint density at radius 3 is 2.23 bits per heavy atom. The molecule has 0 spiro atoms. The highest BCUT2D eigenvalue weighted by atomic mass is 127. The molecule has 1 aromatic carbocycles. The Morgan fingerprint density at radius 2 is 1.64 bits per heavy atom. The van der Waals surface area contributed by atoms with Crippen LogP contribution in [0, 0.1) is 5.92 Å². The summed E-state index contributed by atoms with van der Waals surface area (Å²) in [7, 11) is 1.82. The summed E-state index contributed by atoms with van der Waals surface area (Å²) in [5.41, 5.74) is 1.17. The molecule has 1 rings (SSSR count). The van der Waals surface area contributed by atoms with Gasteiger partial charge in [0.05, 0.1) is 0 Å². The number of halogens is 1. The van der Waals surface area contributed by atoms with Crippen LogP contribution in [0.2, 0.25) is 0 Å². The van der Waals surface area contributed by atoms with Crippen LogP contribution in [0.4, 0.5) is 5.69 Å². The fraction of sp³-hybridized carbons (Fsp3) is 0.588. The summed E-state index contributed by atoms with van der Waals surface area (Å²) in [5.74, 6) is 1.67. The van der Waals surface area contributed by atoms with E-state index in [1.165, 1.54) is 18.5 Å². The quantitative estimate of drug-likeness (QED) is 0.248. The van der Waals surface area contributed by atoms with Crippen molar-refractivity contribution in [3.05, 3.63) is 30.3 Å². The van der Waals surface area contributed by atoms with Gasteiger partial charge in [0.1, 0.15) is 0 Å². The Morgan fingerprint density at radius 1 is 1.00 bits per heavy atom. The van der Waals surface area contributed by atoms with E-state index < -0.39 is 0 Å². The number of benzene rings is 1. The summed E-state index contributed by atoms with van der Waals surface area (Å²) in [5, 5.41) is 10.1. The van der Waals surface area contributed by atoms with Crippen molar-refractivity contribution in [3.63, 3.8) is 0 Å². The molecule has 0 saturated carbocycles. The van der Waals surface area contributed by atoms with Gasteiger partial charge >= 0.3 is 0 Å². The van der Waals surface area contributed by atoms with E-state index in [0.29, 0.717) is 0 Å². The largest absolute Gasteiger partial charge is 0.385 e. The number of aliphatic imine (C=N–C) groups is 1. The smallest absolute Gasteiger partial charge is 0.190 e. The predicted octanol–water partition coefficient (Wildman–Crippen LogP) is 3.71. The van der Waals surface area contributed by atoms with E-state index >= 15 is 0 Å². The summed E-state index contributed by atoms with van der Waals surface area (Å²) in [4.78, 5) is 4.23. The molecule has 5 heteroatoms. The molecule has 0 aliphatic carbocycles. The molecule has 0 radical (unpaired) electrons. The Bertz CT molecular complexity index is 393. The second-order valence-electron chi connectivity index (χ2n) is 5.61. The first-order valence-corrected chi connectivity index (χ1v) is 7.96. The molecular formula is C17H31IN4. The zero-order valence-electron chi connectivity index (χ0n) is 14.1. The van der Waals surface area contributed by atoms with Crippen LogP contribution in [-0.4, -0.2) is 32.6 Å². The molecule has 1 aromatic rings. The maximum absolute atomic E-state index is 4.23. The first kappa shape index (κ1) is 21.0. The molecule has 0 atom stereocenters. The lowest BCUT2D eigenvalue weighted by molar-refractivity contribution is 0.549. The third-order valence-corrected chi connectivity index (χ3v) is 3.22. The Kier molecular flexibility index (Phi) is 13.1. The van der Waals surface area contributed by atoms with Crippen LogP contribution in [-0.2, 0) is 0 Å². The molecule has 0 fully saturated rings. The van der Waals surface area contributed by atoms with Crippen molar-refractivity contribution in [2.75, 3.05) is 32.0 Å². The van der Waals surface area contributed by atoms with Crippen LogP contribution in [0.5, 0.6) is 0 Å². The number of rotatable bonds is 9. The molecule has 0 amide bonds. The zero-order valence-corrected chi connectivity index (χ0v) is 16.4. The third kappa shape index (κ3) is 10.7. The number of nitrogens with one attached hydrogen (secondary N) is 3. The van der Waals surface area contributed by atoms with E-state index in [-0.39, 0.29) is 24.0 Å². The molecule has 22 heavy (non-hydrogen) atoms. The van der Waals surface area contributed by atoms with Crippen molar-refractivity contribution in [1.82, 2.24) is 10.6 Å². The minimum atomic E-state index is 0. The van der Waals surface area contributed by atoms with Gasteiger partial charge in [-0.25, -0.2) is 0 Å². The lowest BCUT2D eigenvalue weighted by Gasteiger charge is -2.13. The van der Waals surface area contributed by atoms with Crippen molar-refractivity contribution in [2.24, 2.45) is 10.9 Å². The average molecular weight is 418 g/mol. The van der Waals surface area contributed by atoms with Gasteiger partial charge in [0.25, 0.3) is 0 Å². The lowest BCUT2D eigenvalue weighted by Crippen LogP contribution is -2.38. The van der Waals surface area contributed by atoms with Gasteiger partial charge in [-0.15, -0.1) is 24.0 Å². The first-order valence-electron chi connectivity index (χ1n) is 7.96. The van der Waals surface area contributed by atoms with E-state index in [4.69, 9.17) is 0 Å². The molecule has 0 unspecified atom stereocenters. The van der Waals surface area contributed by atoms with Gasteiger partial charge in [0.15, 0.2) is 5.96 Å². The van der Waals surface area contributed by atoms with E-state index in [0.717, 1.165) is 37.9 Å². The van der Waals surface area contributed by atoms with Crippen LogP contribution in [0.15, 0.2) is 35.3 Å². The average Bonchev–Trinajstić information content (AvgIpc) is 2.50. The van der Waals surface area contributed by atoms with Crippen LogP contribution >= 0.6 is 24.0 Å². The molecular weight excluding hydrogens is 387 g/mol. The summed E-state index contributed by atoms with van der Waals surface area (Å²) in [6.45, 7) is 7.38. The number of anilines is 1. The lowest BCUT2D eigenvalue weighted by atomic mass is 10.1. The Labute approximate surface area is 152 Å². The summed E-state index contributed by atoms with van der Waals surface area (Å²) in [6, 6.07) is 10.3. The fourth-order valence-electron chi connectivity index (χ4n) is 2.02. The zero-order chi connectivity index (χ0) is 15.3. The van der Waals surface area contributed by atoms with Crippen molar-refractivity contribution in [2.45, 2.75) is 33.1 Å². The SMILES string of the molecule is CN=C(NCCCNc1ccccc1)NCCCC(C)C.I.